The van der Waals surface area contributed by atoms with Gasteiger partial charge in [-0.1, -0.05) is 0 Å². The molecule has 1 rings (SSSR count). The van der Waals surface area contributed by atoms with Gasteiger partial charge in [0.25, 0.3) is 0 Å². The van der Waals surface area contributed by atoms with E-state index in [0.29, 0.717) is 0 Å². The Labute approximate surface area is 91.6 Å². The first-order valence-electron chi connectivity index (χ1n) is 4.07. The maximum absolute atomic E-state index is 10.1. The molecule has 1 aliphatic rings. The molecule has 0 aliphatic heterocycles. The summed E-state index contributed by atoms with van der Waals surface area (Å²) in [5.74, 6) is -1.51. The van der Waals surface area contributed by atoms with E-state index >= 15 is 0 Å². The molecule has 0 aromatic heterocycles. The summed E-state index contributed by atoms with van der Waals surface area (Å²) in [6, 6.07) is 0. The molecule has 0 saturated heterocycles. The van der Waals surface area contributed by atoms with Gasteiger partial charge in [0.2, 0.25) is 0 Å². The van der Waals surface area contributed by atoms with Crippen LogP contribution in [0.1, 0.15) is 13.3 Å². The smallest absolute Gasteiger partial charge is 0.328 e. The van der Waals surface area contributed by atoms with E-state index in [2.05, 4.69) is 0 Å². The summed E-state index contributed by atoms with van der Waals surface area (Å²) < 4.78 is 0. The predicted octanol–water partition coefficient (Wildman–Crippen LogP) is -0.524. The van der Waals surface area contributed by atoms with Gasteiger partial charge in [-0.15, -0.1) is 0 Å². The van der Waals surface area contributed by atoms with E-state index in [1.165, 1.54) is 19.1 Å². The normalized spacial score (nSPS) is 13.1. The average molecular weight is 228 g/mol. The van der Waals surface area contributed by atoms with Gasteiger partial charge in [-0.3, -0.25) is 14.4 Å². The molecule has 3 N–H and O–H groups in total. The second-order valence-corrected chi connectivity index (χ2v) is 2.72. The highest BCUT2D eigenvalue weighted by molar-refractivity contribution is 6.16. The Kier molecular flexibility index (Phi) is 8.43. The fraction of sp³-hybridized carbons (Fsp3) is 0.200. The van der Waals surface area contributed by atoms with Crippen molar-refractivity contribution in [3.05, 3.63) is 24.3 Å². The number of carboxylic acids is 1. The maximum atomic E-state index is 10.1. The third kappa shape index (κ3) is 10.0. The largest absolute Gasteiger partial charge is 0.478 e. The molecule has 0 spiro atoms. The number of carboxylic acid groups (broad SMARTS) is 1. The predicted molar refractivity (Wildman–Crippen MR) is 54.8 cm³/mol. The number of rotatable bonds is 2. The van der Waals surface area contributed by atoms with Crippen molar-refractivity contribution in [2.45, 2.75) is 13.3 Å². The molecular weight excluding hydrogens is 216 g/mol. The van der Waals surface area contributed by atoms with Crippen molar-refractivity contribution in [2.24, 2.45) is 0 Å². The highest BCUT2D eigenvalue weighted by Crippen LogP contribution is 1.97. The third-order valence-corrected chi connectivity index (χ3v) is 1.26. The van der Waals surface area contributed by atoms with Crippen LogP contribution in [-0.2, 0) is 19.2 Å². The van der Waals surface area contributed by atoms with Crippen molar-refractivity contribution >= 4 is 23.3 Å². The molecule has 16 heavy (non-hydrogen) atoms. The van der Waals surface area contributed by atoms with E-state index in [9.17, 15) is 19.2 Å². The van der Waals surface area contributed by atoms with Crippen LogP contribution in [0.5, 0.6) is 0 Å². The van der Waals surface area contributed by atoms with Crippen molar-refractivity contribution < 1.29 is 29.8 Å². The monoisotopic (exact) mass is 228 g/mol. The Morgan fingerprint density at radius 2 is 1.62 bits per heavy atom. The molecule has 1 aliphatic carbocycles. The van der Waals surface area contributed by atoms with Crippen LogP contribution in [0.25, 0.3) is 0 Å². The molecule has 88 valence electrons. The van der Waals surface area contributed by atoms with Crippen LogP contribution in [0.3, 0.4) is 0 Å². The van der Waals surface area contributed by atoms with Crippen LogP contribution in [-0.4, -0.2) is 33.9 Å². The Bertz CT molecular complexity index is 318. The van der Waals surface area contributed by atoms with Crippen molar-refractivity contribution in [3.63, 3.8) is 0 Å². The Morgan fingerprint density at radius 3 is 1.75 bits per heavy atom. The summed E-state index contributed by atoms with van der Waals surface area (Å²) in [6.07, 6.45) is 4.51. The Hall–Kier alpha value is -2.08. The highest BCUT2D eigenvalue weighted by atomic mass is 16.4. The van der Waals surface area contributed by atoms with Crippen molar-refractivity contribution in [1.29, 1.82) is 0 Å². The van der Waals surface area contributed by atoms with Gasteiger partial charge in [-0.05, 0) is 25.2 Å². The quantitative estimate of drug-likeness (QED) is 0.503. The van der Waals surface area contributed by atoms with Crippen molar-refractivity contribution in [2.75, 3.05) is 0 Å². The second kappa shape index (κ2) is 8.25. The van der Waals surface area contributed by atoms with E-state index in [0.717, 1.165) is 12.2 Å². The van der Waals surface area contributed by atoms with E-state index in [1.54, 1.807) is 0 Å². The van der Waals surface area contributed by atoms with Crippen molar-refractivity contribution in [1.82, 2.24) is 0 Å². The molecule has 0 radical (unpaired) electrons. The summed E-state index contributed by atoms with van der Waals surface area (Å²) >= 11 is 0. The SMILES string of the molecule is CC(=O)/C=C\C(=O)O.O.O=C1C=CC(=O)C1. The van der Waals surface area contributed by atoms with E-state index in [1.807, 2.05) is 0 Å². The molecule has 0 bridgehead atoms. The van der Waals surface area contributed by atoms with Crippen LogP contribution in [0.2, 0.25) is 0 Å². The van der Waals surface area contributed by atoms with Gasteiger partial charge in [-0.2, -0.15) is 0 Å². The lowest BCUT2D eigenvalue weighted by Crippen LogP contribution is -1.90. The molecule has 0 unspecified atom stereocenters. The second-order valence-electron chi connectivity index (χ2n) is 2.72. The number of hydrogen-bond donors (Lipinski definition) is 1. The van der Waals surface area contributed by atoms with Gasteiger partial charge in [0.1, 0.15) is 0 Å². The summed E-state index contributed by atoms with van der Waals surface area (Å²) in [4.78, 5) is 40.0. The molecule has 0 aromatic carbocycles. The van der Waals surface area contributed by atoms with E-state index < -0.39 is 5.97 Å². The summed E-state index contributed by atoms with van der Waals surface area (Å²) in [5, 5.41) is 7.92. The lowest BCUT2D eigenvalue weighted by molar-refractivity contribution is -0.131. The van der Waals surface area contributed by atoms with Gasteiger partial charge in [0, 0.05) is 6.08 Å². The summed E-state index contributed by atoms with van der Waals surface area (Å²) in [7, 11) is 0. The molecule has 0 atom stereocenters. The fourth-order valence-electron chi connectivity index (χ4n) is 0.664. The van der Waals surface area contributed by atoms with E-state index in [-0.39, 0.29) is 29.2 Å². The lowest BCUT2D eigenvalue weighted by atomic mass is 10.3. The first-order chi connectivity index (χ1) is 6.91. The molecule has 0 amide bonds. The number of carbonyl (C=O) groups excluding carboxylic acids is 3. The molecule has 0 heterocycles. The molecule has 0 aromatic rings. The maximum Gasteiger partial charge on any atom is 0.328 e. The Morgan fingerprint density at radius 1 is 1.19 bits per heavy atom. The molecule has 6 nitrogen and oxygen atoms in total. The minimum Gasteiger partial charge on any atom is -0.478 e. The molecule has 6 heteroatoms. The average Bonchev–Trinajstić information content (AvgIpc) is 2.47. The first-order valence-corrected chi connectivity index (χ1v) is 4.07. The van der Waals surface area contributed by atoms with Crippen LogP contribution in [0.15, 0.2) is 24.3 Å². The van der Waals surface area contributed by atoms with Gasteiger partial charge >= 0.3 is 5.97 Å². The minimum absolute atomic E-state index is 0. The van der Waals surface area contributed by atoms with Crippen LogP contribution in [0.4, 0.5) is 0 Å². The number of aliphatic carboxylic acids is 1. The van der Waals surface area contributed by atoms with E-state index in [4.69, 9.17) is 5.11 Å². The summed E-state index contributed by atoms with van der Waals surface area (Å²) in [6.45, 7) is 1.29. The topological polar surface area (TPSA) is 120 Å². The van der Waals surface area contributed by atoms with Gasteiger partial charge < -0.3 is 10.6 Å². The first kappa shape index (κ1) is 16.4. The zero-order valence-electron chi connectivity index (χ0n) is 8.60. The standard InChI is InChI=1S/C5H6O3.C5H4O2.H2O/c1-4(6)2-3-5(7)8;6-4-1-2-5(7)3-4;/h2-3H,1H3,(H,7,8);1-2H,3H2;1H2/b3-2-;;. The van der Waals surface area contributed by atoms with Crippen molar-refractivity contribution in [3.8, 4) is 0 Å². The number of carbonyl (C=O) groups is 4. The number of ketones is 3. The number of allylic oxidation sites excluding steroid dienone is 3. The van der Waals surface area contributed by atoms with Gasteiger partial charge in [0.05, 0.1) is 6.42 Å². The highest BCUT2D eigenvalue weighted by Gasteiger charge is 2.09. The lowest BCUT2D eigenvalue weighted by Gasteiger charge is -1.74. The fourth-order valence-corrected chi connectivity index (χ4v) is 0.664. The van der Waals surface area contributed by atoms with Crippen LogP contribution in [0, 0.1) is 0 Å². The molecule has 0 fully saturated rings. The molecular formula is C10H12O6. The summed E-state index contributed by atoms with van der Waals surface area (Å²) in [5.41, 5.74) is 0. The zero-order valence-corrected chi connectivity index (χ0v) is 8.60. The number of hydrogen-bond acceptors (Lipinski definition) is 4. The Balaban J connectivity index is 0. The molecule has 0 saturated carbocycles. The minimum atomic E-state index is -1.10. The zero-order chi connectivity index (χ0) is 11.8. The van der Waals surface area contributed by atoms with Crippen LogP contribution >= 0.6 is 0 Å². The van der Waals surface area contributed by atoms with Gasteiger partial charge in [-0.25, -0.2) is 4.79 Å². The van der Waals surface area contributed by atoms with Gasteiger partial charge in [0.15, 0.2) is 17.3 Å². The van der Waals surface area contributed by atoms with Crippen LogP contribution < -0.4 is 0 Å². The third-order valence-electron chi connectivity index (χ3n) is 1.26.